The van der Waals surface area contributed by atoms with Gasteiger partial charge in [-0.1, -0.05) is 44.7 Å². The van der Waals surface area contributed by atoms with E-state index in [9.17, 15) is 9.59 Å². The molecule has 0 unspecified atom stereocenters. The third-order valence-electron chi connectivity index (χ3n) is 3.90. The van der Waals surface area contributed by atoms with Gasteiger partial charge in [0.2, 0.25) is 11.8 Å². The van der Waals surface area contributed by atoms with E-state index in [1.54, 1.807) is 18.2 Å². The van der Waals surface area contributed by atoms with Crippen molar-refractivity contribution in [2.24, 2.45) is 15.6 Å². The molecule has 0 aliphatic carbocycles. The first-order chi connectivity index (χ1) is 12.2. The lowest BCUT2D eigenvalue weighted by Crippen LogP contribution is -2.28. The Labute approximate surface area is 157 Å². The molecule has 1 aromatic rings. The molecule has 0 saturated carbocycles. The Bertz CT molecular complexity index is 753. The van der Waals surface area contributed by atoms with Gasteiger partial charge >= 0.3 is 0 Å². The van der Waals surface area contributed by atoms with Crippen LogP contribution in [0.5, 0.6) is 5.75 Å². The highest BCUT2D eigenvalue weighted by Gasteiger charge is 2.32. The van der Waals surface area contributed by atoms with Gasteiger partial charge in [-0.3, -0.25) is 9.59 Å². The molecule has 8 heteroatoms. The maximum atomic E-state index is 12.3. The number of carbonyl (C=O) groups excluding carboxylic acids is 2. The fraction of sp³-hybridized carbons (Fsp3) is 0.444. The van der Waals surface area contributed by atoms with E-state index in [4.69, 9.17) is 4.74 Å². The summed E-state index contributed by atoms with van der Waals surface area (Å²) in [5.41, 5.74) is 1.34. The van der Waals surface area contributed by atoms with Gasteiger partial charge in [0.05, 0.1) is 12.8 Å². The number of ether oxygens (including phenoxy) is 1. The number of hydrogen-bond acceptors (Lipinski definition) is 6. The Morgan fingerprint density at radius 3 is 2.69 bits per heavy atom. The van der Waals surface area contributed by atoms with Gasteiger partial charge in [0.25, 0.3) is 0 Å². The molecular weight excluding hydrogens is 352 g/mol. The summed E-state index contributed by atoms with van der Waals surface area (Å²) in [5, 5.41) is 13.6. The number of benzene rings is 1. The van der Waals surface area contributed by atoms with Crippen molar-refractivity contribution in [3.8, 4) is 5.75 Å². The monoisotopic (exact) mass is 376 g/mol. The Balaban J connectivity index is 1.98. The third kappa shape index (κ3) is 5.32. The van der Waals surface area contributed by atoms with Gasteiger partial charge in [-0.15, -0.1) is 5.10 Å². The molecule has 1 aliphatic heterocycles. The average Bonchev–Trinajstić information content (AvgIpc) is 2.91. The minimum absolute atomic E-state index is 0.0372. The molecule has 0 aromatic heterocycles. The molecule has 2 N–H and O–H groups in total. The van der Waals surface area contributed by atoms with Gasteiger partial charge in [0.15, 0.2) is 5.17 Å². The number of thioether (sulfide) groups is 1. The number of nitrogens with zero attached hydrogens (tertiary/aromatic N) is 2. The molecule has 2 rings (SSSR count). The zero-order chi connectivity index (χ0) is 19.3. The molecule has 7 nitrogen and oxygen atoms in total. The zero-order valence-electron chi connectivity index (χ0n) is 15.6. The van der Waals surface area contributed by atoms with Crippen molar-refractivity contribution >= 4 is 40.1 Å². The number of amides is 2. The van der Waals surface area contributed by atoms with Crippen LogP contribution in [0.25, 0.3) is 0 Å². The molecule has 0 spiro atoms. The summed E-state index contributed by atoms with van der Waals surface area (Å²) in [4.78, 5) is 24.3. The van der Waals surface area contributed by atoms with E-state index in [0.29, 0.717) is 16.6 Å². The molecule has 1 atom stereocenters. The summed E-state index contributed by atoms with van der Waals surface area (Å²) in [6.45, 7) is 8.01. The van der Waals surface area contributed by atoms with Crippen molar-refractivity contribution in [2.75, 3.05) is 12.4 Å². The molecule has 2 amide bonds. The van der Waals surface area contributed by atoms with Gasteiger partial charge in [-0.25, -0.2) is 0 Å². The molecule has 0 bridgehead atoms. The van der Waals surface area contributed by atoms with Gasteiger partial charge in [0, 0.05) is 17.5 Å². The van der Waals surface area contributed by atoms with Crippen LogP contribution in [0.1, 0.15) is 34.1 Å². The highest BCUT2D eigenvalue weighted by atomic mass is 32.2. The van der Waals surface area contributed by atoms with Crippen molar-refractivity contribution in [3.63, 3.8) is 0 Å². The number of para-hydroxylation sites is 2. The van der Waals surface area contributed by atoms with Gasteiger partial charge in [-0.2, -0.15) is 5.10 Å². The molecule has 1 aliphatic rings. The smallest absolute Gasteiger partial charge is 0.240 e. The van der Waals surface area contributed by atoms with Crippen molar-refractivity contribution in [2.45, 2.75) is 39.4 Å². The predicted molar refractivity (Wildman–Crippen MR) is 106 cm³/mol. The maximum absolute atomic E-state index is 12.3. The number of nitrogens with one attached hydrogen (secondary N) is 2. The minimum atomic E-state index is -0.534. The van der Waals surface area contributed by atoms with E-state index in [0.717, 1.165) is 5.71 Å². The zero-order valence-corrected chi connectivity index (χ0v) is 16.4. The number of carbonyl (C=O) groups is 2. The van der Waals surface area contributed by atoms with Crippen molar-refractivity contribution < 1.29 is 14.3 Å². The lowest BCUT2D eigenvalue weighted by Gasteiger charge is -2.16. The second kappa shape index (κ2) is 8.35. The minimum Gasteiger partial charge on any atom is -0.495 e. The number of anilines is 1. The Morgan fingerprint density at radius 1 is 1.35 bits per heavy atom. The standard InChI is InChI=1S/C18H24N4O3S/c1-11(18(2,3)4)21-22-17-20-16(24)14(26-17)10-15(23)19-12-8-6-7-9-13(12)25-5/h6-9,14H,10H2,1-5H3,(H,19,23)(H,20,22,24)/t14-/m1/s1. The first-order valence-corrected chi connectivity index (χ1v) is 9.12. The van der Waals surface area contributed by atoms with Gasteiger partial charge in [0.1, 0.15) is 11.0 Å². The number of hydrogen-bond donors (Lipinski definition) is 2. The highest BCUT2D eigenvalue weighted by molar-refractivity contribution is 8.15. The molecule has 1 heterocycles. The van der Waals surface area contributed by atoms with E-state index in [1.807, 2.05) is 33.8 Å². The fourth-order valence-corrected chi connectivity index (χ4v) is 2.89. The van der Waals surface area contributed by atoms with Gasteiger partial charge in [-0.05, 0) is 19.1 Å². The Morgan fingerprint density at radius 2 is 2.04 bits per heavy atom. The van der Waals surface area contributed by atoms with Crippen LogP contribution in [0.15, 0.2) is 34.5 Å². The summed E-state index contributed by atoms with van der Waals surface area (Å²) in [6, 6.07) is 7.12. The normalized spacial score (nSPS) is 19.4. The largest absolute Gasteiger partial charge is 0.495 e. The summed E-state index contributed by atoms with van der Waals surface area (Å²) in [5.74, 6) is 0.0592. The molecule has 140 valence electrons. The van der Waals surface area contributed by atoms with Crippen LogP contribution in [-0.4, -0.2) is 35.1 Å². The topological polar surface area (TPSA) is 92.2 Å². The maximum Gasteiger partial charge on any atom is 0.240 e. The van der Waals surface area contributed by atoms with E-state index in [-0.39, 0.29) is 23.7 Å². The molecule has 26 heavy (non-hydrogen) atoms. The first kappa shape index (κ1) is 20.0. The van der Waals surface area contributed by atoms with E-state index in [1.165, 1.54) is 18.9 Å². The lowest BCUT2D eigenvalue weighted by atomic mass is 9.91. The second-order valence-electron chi connectivity index (χ2n) is 6.89. The van der Waals surface area contributed by atoms with Crippen LogP contribution in [0, 0.1) is 5.41 Å². The summed E-state index contributed by atoms with van der Waals surface area (Å²) in [7, 11) is 1.54. The van der Waals surface area contributed by atoms with Crippen LogP contribution < -0.4 is 15.4 Å². The summed E-state index contributed by atoms with van der Waals surface area (Å²) < 4.78 is 5.20. The number of amidine groups is 1. The van der Waals surface area contributed by atoms with Crippen LogP contribution in [0.2, 0.25) is 0 Å². The van der Waals surface area contributed by atoms with Crippen LogP contribution in [0.4, 0.5) is 5.69 Å². The fourth-order valence-electron chi connectivity index (χ4n) is 1.97. The number of methoxy groups -OCH3 is 1. The van der Waals surface area contributed by atoms with E-state index < -0.39 is 5.25 Å². The van der Waals surface area contributed by atoms with Crippen molar-refractivity contribution in [3.05, 3.63) is 24.3 Å². The molecule has 0 radical (unpaired) electrons. The average molecular weight is 376 g/mol. The van der Waals surface area contributed by atoms with Crippen LogP contribution in [-0.2, 0) is 9.59 Å². The quantitative estimate of drug-likeness (QED) is 0.610. The SMILES string of the molecule is COc1ccccc1NC(=O)C[C@H]1SC(=NN=C(C)C(C)(C)C)NC1=O. The molecule has 1 saturated heterocycles. The highest BCUT2D eigenvalue weighted by Crippen LogP contribution is 2.26. The van der Waals surface area contributed by atoms with Crippen LogP contribution >= 0.6 is 11.8 Å². The van der Waals surface area contributed by atoms with E-state index in [2.05, 4.69) is 20.8 Å². The second-order valence-corrected chi connectivity index (χ2v) is 8.08. The molecular formula is C18H24N4O3S. The van der Waals surface area contributed by atoms with Gasteiger partial charge < -0.3 is 15.4 Å². The van der Waals surface area contributed by atoms with Crippen molar-refractivity contribution in [1.29, 1.82) is 0 Å². The lowest BCUT2D eigenvalue weighted by molar-refractivity contribution is -0.122. The predicted octanol–water partition coefficient (Wildman–Crippen LogP) is 3.03. The van der Waals surface area contributed by atoms with Crippen molar-refractivity contribution in [1.82, 2.24) is 5.32 Å². The summed E-state index contributed by atoms with van der Waals surface area (Å²) >= 11 is 1.21. The number of rotatable bonds is 5. The first-order valence-electron chi connectivity index (χ1n) is 8.24. The molecule has 1 fully saturated rings. The Hall–Kier alpha value is -2.35. The summed E-state index contributed by atoms with van der Waals surface area (Å²) in [6.07, 6.45) is 0.0372. The van der Waals surface area contributed by atoms with Crippen LogP contribution in [0.3, 0.4) is 0 Å². The third-order valence-corrected chi connectivity index (χ3v) is 4.98. The van der Waals surface area contributed by atoms with E-state index >= 15 is 0 Å². The Kier molecular flexibility index (Phi) is 6.42. The molecule has 1 aromatic carbocycles.